The maximum atomic E-state index is 11.6. The van der Waals surface area contributed by atoms with Crippen molar-refractivity contribution >= 4 is 17.3 Å². The summed E-state index contributed by atoms with van der Waals surface area (Å²) in [4.78, 5) is 12.7. The van der Waals surface area contributed by atoms with Crippen LogP contribution in [0, 0.1) is 0 Å². The Bertz CT molecular complexity index is 325. The maximum Gasteiger partial charge on any atom is 0.311 e. The van der Waals surface area contributed by atoms with Crippen LogP contribution in [0.4, 0.5) is 0 Å². The van der Waals surface area contributed by atoms with Gasteiger partial charge in [-0.3, -0.25) is 4.79 Å². The summed E-state index contributed by atoms with van der Waals surface area (Å²) in [6, 6.07) is 4.20. The standard InChI is InChI=1S/C14H23NO2S/c1-3-5-8-15-12(4-2)11-17-14(16)10-13-7-6-9-18-13/h6-7,9,12,15H,3-5,8,10-11H2,1-2H3. The normalized spacial score (nSPS) is 12.3. The van der Waals surface area contributed by atoms with Gasteiger partial charge in [-0.1, -0.05) is 26.3 Å². The molecule has 0 radical (unpaired) electrons. The minimum absolute atomic E-state index is 0.131. The molecule has 0 amide bonds. The van der Waals surface area contributed by atoms with Crippen LogP contribution in [-0.4, -0.2) is 25.2 Å². The van der Waals surface area contributed by atoms with Crippen LogP contribution in [0.3, 0.4) is 0 Å². The number of ether oxygens (including phenoxy) is 1. The van der Waals surface area contributed by atoms with Gasteiger partial charge in [-0.2, -0.15) is 0 Å². The van der Waals surface area contributed by atoms with E-state index in [-0.39, 0.29) is 12.0 Å². The van der Waals surface area contributed by atoms with E-state index in [1.54, 1.807) is 11.3 Å². The van der Waals surface area contributed by atoms with Crippen molar-refractivity contribution in [3.8, 4) is 0 Å². The highest BCUT2D eigenvalue weighted by Gasteiger charge is 2.10. The average molecular weight is 269 g/mol. The molecule has 102 valence electrons. The minimum atomic E-state index is -0.131. The van der Waals surface area contributed by atoms with Crippen molar-refractivity contribution in [2.75, 3.05) is 13.2 Å². The van der Waals surface area contributed by atoms with Crippen molar-refractivity contribution in [1.29, 1.82) is 0 Å². The van der Waals surface area contributed by atoms with E-state index in [4.69, 9.17) is 4.74 Å². The molecule has 18 heavy (non-hydrogen) atoms. The number of hydrogen-bond donors (Lipinski definition) is 1. The second-order valence-electron chi connectivity index (χ2n) is 4.35. The molecule has 0 aliphatic rings. The lowest BCUT2D eigenvalue weighted by Crippen LogP contribution is -2.34. The molecule has 0 spiro atoms. The van der Waals surface area contributed by atoms with Gasteiger partial charge in [-0.05, 0) is 30.8 Å². The molecule has 0 bridgehead atoms. The van der Waals surface area contributed by atoms with E-state index in [1.165, 1.54) is 12.8 Å². The Morgan fingerprint density at radius 3 is 2.94 bits per heavy atom. The summed E-state index contributed by atoms with van der Waals surface area (Å²) < 4.78 is 5.30. The number of thiophene rings is 1. The molecule has 0 saturated carbocycles. The predicted molar refractivity (Wildman–Crippen MR) is 76.0 cm³/mol. The molecule has 0 saturated heterocycles. The second-order valence-corrected chi connectivity index (χ2v) is 5.38. The highest BCUT2D eigenvalue weighted by atomic mass is 32.1. The number of unbranched alkanes of at least 4 members (excludes halogenated alkanes) is 1. The third kappa shape index (κ3) is 6.17. The molecule has 0 aliphatic heterocycles. The zero-order valence-corrected chi connectivity index (χ0v) is 12.1. The van der Waals surface area contributed by atoms with Crippen LogP contribution in [-0.2, 0) is 16.0 Å². The number of carbonyl (C=O) groups is 1. The van der Waals surface area contributed by atoms with Gasteiger partial charge >= 0.3 is 5.97 Å². The van der Waals surface area contributed by atoms with E-state index in [2.05, 4.69) is 19.2 Å². The van der Waals surface area contributed by atoms with Gasteiger partial charge < -0.3 is 10.1 Å². The summed E-state index contributed by atoms with van der Waals surface area (Å²) in [6.07, 6.45) is 3.72. The molecule has 1 unspecified atom stereocenters. The van der Waals surface area contributed by atoms with Crippen molar-refractivity contribution in [3.63, 3.8) is 0 Å². The van der Waals surface area contributed by atoms with Crippen LogP contribution in [0.1, 0.15) is 38.0 Å². The van der Waals surface area contributed by atoms with Gasteiger partial charge in [0.15, 0.2) is 0 Å². The fraction of sp³-hybridized carbons (Fsp3) is 0.643. The van der Waals surface area contributed by atoms with E-state index in [0.717, 1.165) is 17.8 Å². The number of nitrogens with one attached hydrogen (secondary N) is 1. The van der Waals surface area contributed by atoms with Crippen molar-refractivity contribution in [1.82, 2.24) is 5.32 Å². The molecule has 1 rings (SSSR count). The van der Waals surface area contributed by atoms with Gasteiger partial charge in [-0.15, -0.1) is 11.3 Å². The van der Waals surface area contributed by atoms with Gasteiger partial charge in [0.1, 0.15) is 6.61 Å². The summed E-state index contributed by atoms with van der Waals surface area (Å²) in [5, 5.41) is 5.39. The minimum Gasteiger partial charge on any atom is -0.464 e. The molecule has 3 nitrogen and oxygen atoms in total. The Hall–Kier alpha value is -0.870. The molecule has 0 aliphatic carbocycles. The van der Waals surface area contributed by atoms with E-state index < -0.39 is 0 Å². The molecular formula is C14H23NO2S. The van der Waals surface area contributed by atoms with Crippen LogP contribution in [0.15, 0.2) is 17.5 Å². The third-order valence-electron chi connectivity index (χ3n) is 2.80. The Morgan fingerprint density at radius 1 is 1.50 bits per heavy atom. The first-order valence-electron chi connectivity index (χ1n) is 6.67. The summed E-state index contributed by atoms with van der Waals surface area (Å²) in [7, 11) is 0. The molecule has 4 heteroatoms. The van der Waals surface area contributed by atoms with Crippen molar-refractivity contribution < 1.29 is 9.53 Å². The van der Waals surface area contributed by atoms with E-state index >= 15 is 0 Å². The largest absolute Gasteiger partial charge is 0.464 e. The molecule has 1 heterocycles. The Kier molecular flexibility index (Phi) is 7.69. The van der Waals surface area contributed by atoms with Gasteiger partial charge in [0.2, 0.25) is 0 Å². The van der Waals surface area contributed by atoms with Crippen LogP contribution >= 0.6 is 11.3 Å². The molecule has 1 N–H and O–H groups in total. The zero-order valence-electron chi connectivity index (χ0n) is 11.3. The number of rotatable bonds is 9. The monoisotopic (exact) mass is 269 g/mol. The first kappa shape index (κ1) is 15.2. The molecule has 1 atom stereocenters. The molecule has 1 aromatic heterocycles. The van der Waals surface area contributed by atoms with Crippen molar-refractivity contribution in [3.05, 3.63) is 22.4 Å². The van der Waals surface area contributed by atoms with E-state index in [0.29, 0.717) is 13.0 Å². The van der Waals surface area contributed by atoms with Gasteiger partial charge in [0.25, 0.3) is 0 Å². The lowest BCUT2D eigenvalue weighted by molar-refractivity contribution is -0.143. The van der Waals surface area contributed by atoms with Crippen LogP contribution < -0.4 is 5.32 Å². The lowest BCUT2D eigenvalue weighted by Gasteiger charge is -2.16. The average Bonchev–Trinajstić information content (AvgIpc) is 2.86. The van der Waals surface area contributed by atoms with Gasteiger partial charge in [0.05, 0.1) is 6.42 Å². The first-order chi connectivity index (χ1) is 8.76. The Labute approximate surface area is 114 Å². The van der Waals surface area contributed by atoms with E-state index in [9.17, 15) is 4.79 Å². The van der Waals surface area contributed by atoms with Crippen LogP contribution in [0.2, 0.25) is 0 Å². The number of hydrogen-bond acceptors (Lipinski definition) is 4. The smallest absolute Gasteiger partial charge is 0.311 e. The topological polar surface area (TPSA) is 38.3 Å². The summed E-state index contributed by atoms with van der Waals surface area (Å²) >= 11 is 1.59. The van der Waals surface area contributed by atoms with Gasteiger partial charge in [-0.25, -0.2) is 0 Å². The highest BCUT2D eigenvalue weighted by Crippen LogP contribution is 2.09. The predicted octanol–water partition coefficient (Wildman–Crippen LogP) is 3.00. The Balaban J connectivity index is 2.18. The fourth-order valence-corrected chi connectivity index (χ4v) is 2.29. The summed E-state index contributed by atoms with van der Waals surface area (Å²) in [6.45, 7) is 5.75. The summed E-state index contributed by atoms with van der Waals surface area (Å²) in [5.74, 6) is -0.131. The lowest BCUT2D eigenvalue weighted by atomic mass is 10.2. The summed E-state index contributed by atoms with van der Waals surface area (Å²) in [5.41, 5.74) is 0. The van der Waals surface area contributed by atoms with Gasteiger partial charge in [0, 0.05) is 10.9 Å². The van der Waals surface area contributed by atoms with Crippen molar-refractivity contribution in [2.24, 2.45) is 0 Å². The second kappa shape index (κ2) is 9.11. The molecular weight excluding hydrogens is 246 g/mol. The maximum absolute atomic E-state index is 11.6. The Morgan fingerprint density at radius 2 is 2.33 bits per heavy atom. The highest BCUT2D eigenvalue weighted by molar-refractivity contribution is 7.10. The number of esters is 1. The first-order valence-corrected chi connectivity index (χ1v) is 7.55. The third-order valence-corrected chi connectivity index (χ3v) is 3.68. The fourth-order valence-electron chi connectivity index (χ4n) is 1.60. The van der Waals surface area contributed by atoms with Crippen LogP contribution in [0.5, 0.6) is 0 Å². The van der Waals surface area contributed by atoms with Crippen LogP contribution in [0.25, 0.3) is 0 Å². The zero-order chi connectivity index (χ0) is 13.2. The SMILES string of the molecule is CCCCNC(CC)COC(=O)Cc1cccs1. The van der Waals surface area contributed by atoms with Crippen molar-refractivity contribution in [2.45, 2.75) is 45.6 Å². The molecule has 0 fully saturated rings. The quantitative estimate of drug-likeness (QED) is 0.553. The molecule has 0 aromatic carbocycles. The molecule has 1 aromatic rings. The van der Waals surface area contributed by atoms with E-state index in [1.807, 2.05) is 17.5 Å². The number of carbonyl (C=O) groups excluding carboxylic acids is 1.